The summed E-state index contributed by atoms with van der Waals surface area (Å²) in [6, 6.07) is 0. The zero-order valence-electron chi connectivity index (χ0n) is 3.12. The van der Waals surface area contributed by atoms with E-state index in [1.54, 1.807) is 0 Å². The molecule has 0 saturated heterocycles. The van der Waals surface area contributed by atoms with Crippen molar-refractivity contribution in [2.75, 3.05) is 0 Å². The molecule has 5 heteroatoms. The molecule has 0 aliphatic heterocycles. The minimum atomic E-state index is 0. The summed E-state index contributed by atoms with van der Waals surface area (Å²) in [5, 5.41) is 0. The first-order chi connectivity index (χ1) is 0. The standard InChI is InChI=1S/K.H2O.H3P.Ti.W/h;1H2;1H3;;. The van der Waals surface area contributed by atoms with Gasteiger partial charge in [-0.2, -0.15) is 9.90 Å². The Bertz CT molecular complexity index is 11.6. The predicted octanol–water partition coefficient (Wildman–Crippen LogP) is -1.15. The van der Waals surface area contributed by atoms with E-state index in [2.05, 4.69) is 0 Å². The van der Waals surface area contributed by atoms with Crippen LogP contribution < -0.4 is 0 Å². The van der Waals surface area contributed by atoms with Gasteiger partial charge < -0.3 is 5.48 Å². The molecular formula is H5KOPTiW. The quantitative estimate of drug-likeness (QED) is 0.398. The second-order valence-corrected chi connectivity index (χ2v) is 0. The molecular weight excluding hydrogens is 318 g/mol. The van der Waals surface area contributed by atoms with Crippen LogP contribution in [0.4, 0.5) is 0 Å². The fourth-order valence-electron chi connectivity index (χ4n) is 0. The molecule has 1 unspecified atom stereocenters. The van der Waals surface area contributed by atoms with E-state index in [-0.39, 0.29) is 110 Å². The van der Waals surface area contributed by atoms with Crippen molar-refractivity contribution in [3.05, 3.63) is 0 Å². The van der Waals surface area contributed by atoms with Crippen LogP contribution in [0.1, 0.15) is 0 Å². The van der Waals surface area contributed by atoms with E-state index >= 15 is 0 Å². The molecule has 0 heterocycles. The molecule has 0 bridgehead atoms. The van der Waals surface area contributed by atoms with Gasteiger partial charge in [0.1, 0.15) is 0 Å². The molecule has 2 N–H and O–H groups in total. The van der Waals surface area contributed by atoms with Crippen LogP contribution in [0.15, 0.2) is 0 Å². The molecule has 0 spiro atoms. The van der Waals surface area contributed by atoms with Gasteiger partial charge in [0.15, 0.2) is 0 Å². The number of hydrogen-bond donors (Lipinski definition) is 0. The van der Waals surface area contributed by atoms with Gasteiger partial charge in [-0.15, -0.1) is 0 Å². The van der Waals surface area contributed by atoms with Gasteiger partial charge in [-0.25, -0.2) is 0 Å². The molecule has 0 aliphatic rings. The zero-order valence-corrected chi connectivity index (χ0v) is 12.1. The SMILES string of the molecule is O.P.[K].[Ti].[W]. The Balaban J connectivity index is 0. The van der Waals surface area contributed by atoms with Crippen LogP contribution in [0.25, 0.3) is 0 Å². The van der Waals surface area contributed by atoms with E-state index < -0.39 is 0 Å². The Hall–Kier alpha value is 3.43. The van der Waals surface area contributed by atoms with Crippen LogP contribution in [-0.4, -0.2) is 56.9 Å². The summed E-state index contributed by atoms with van der Waals surface area (Å²) in [6.45, 7) is 0. The van der Waals surface area contributed by atoms with Crippen LogP contribution in [-0.2, 0) is 42.8 Å². The molecule has 0 aromatic rings. The molecule has 5 heavy (non-hydrogen) atoms. The molecule has 0 saturated carbocycles. The maximum absolute atomic E-state index is 0. The minimum absolute atomic E-state index is 0. The first-order valence-electron chi connectivity index (χ1n) is 0. The van der Waals surface area contributed by atoms with Crippen molar-refractivity contribution in [3.63, 3.8) is 0 Å². The molecule has 0 aliphatic carbocycles. The van der Waals surface area contributed by atoms with Crippen LogP contribution in [0, 0.1) is 0 Å². The van der Waals surface area contributed by atoms with Gasteiger partial charge in [-0.1, -0.05) is 0 Å². The van der Waals surface area contributed by atoms with Gasteiger partial charge in [-0.05, 0) is 0 Å². The van der Waals surface area contributed by atoms with Gasteiger partial charge in [0.2, 0.25) is 0 Å². The van der Waals surface area contributed by atoms with Crippen molar-refractivity contribution < 1.29 is 48.3 Å². The van der Waals surface area contributed by atoms with Crippen LogP contribution in [0.2, 0.25) is 0 Å². The Kier molecular flexibility index (Phi) is 207. The fourth-order valence-corrected chi connectivity index (χ4v) is 0. The number of hydrogen-bond acceptors (Lipinski definition) is 0. The van der Waals surface area contributed by atoms with E-state index in [4.69, 9.17) is 0 Å². The van der Waals surface area contributed by atoms with Gasteiger partial charge in [0.25, 0.3) is 0 Å². The summed E-state index contributed by atoms with van der Waals surface area (Å²) in [6.07, 6.45) is 0. The van der Waals surface area contributed by atoms with Crippen molar-refractivity contribution in [3.8, 4) is 0 Å². The largest absolute Gasteiger partial charge is 0.412 e. The molecule has 0 aromatic carbocycles. The fraction of sp³-hybridized carbons (Fsp3) is 0. The van der Waals surface area contributed by atoms with Crippen LogP contribution >= 0.6 is 9.90 Å². The molecule has 0 aromatic heterocycles. The van der Waals surface area contributed by atoms with Gasteiger partial charge in [0.05, 0.1) is 0 Å². The molecule has 0 amide bonds. The second-order valence-electron chi connectivity index (χ2n) is 0. The molecule has 0 fully saturated rings. The Morgan fingerprint density at radius 2 is 1.00 bits per heavy atom. The van der Waals surface area contributed by atoms with Gasteiger partial charge >= 0.3 is 0 Å². The topological polar surface area (TPSA) is 31.5 Å². The molecule has 27 valence electrons. The van der Waals surface area contributed by atoms with Crippen molar-refractivity contribution in [2.24, 2.45) is 0 Å². The summed E-state index contributed by atoms with van der Waals surface area (Å²) in [7, 11) is 0. The Morgan fingerprint density at radius 3 is 1.00 bits per heavy atom. The first kappa shape index (κ1) is 39.6. The molecule has 0 rings (SSSR count). The summed E-state index contributed by atoms with van der Waals surface area (Å²) in [5.41, 5.74) is 0. The second kappa shape index (κ2) is 26.1. The normalized spacial score (nSPS) is 0. The van der Waals surface area contributed by atoms with E-state index in [0.717, 1.165) is 0 Å². The molecule has 1 atom stereocenters. The summed E-state index contributed by atoms with van der Waals surface area (Å²) >= 11 is 0. The Morgan fingerprint density at radius 1 is 1.00 bits per heavy atom. The van der Waals surface area contributed by atoms with Gasteiger partial charge in [0, 0.05) is 94.2 Å². The monoisotopic (exact) mass is 323 g/mol. The number of rotatable bonds is 0. The maximum Gasteiger partial charge on any atom is 0 e. The maximum atomic E-state index is 0. The predicted molar refractivity (Wildman–Crippen MR) is 20.5 cm³/mol. The van der Waals surface area contributed by atoms with Crippen molar-refractivity contribution in [1.82, 2.24) is 0 Å². The summed E-state index contributed by atoms with van der Waals surface area (Å²) in [5.74, 6) is 0. The average molecular weight is 323 g/mol. The average Bonchev–Trinajstić information content (AvgIpc) is 0. The van der Waals surface area contributed by atoms with Crippen LogP contribution in [0.5, 0.6) is 0 Å². The zero-order chi connectivity index (χ0) is 0. The summed E-state index contributed by atoms with van der Waals surface area (Å²) < 4.78 is 0. The van der Waals surface area contributed by atoms with Crippen LogP contribution in [0.3, 0.4) is 0 Å². The third-order valence-corrected chi connectivity index (χ3v) is 0. The summed E-state index contributed by atoms with van der Waals surface area (Å²) in [4.78, 5) is 0. The van der Waals surface area contributed by atoms with E-state index in [1.165, 1.54) is 0 Å². The van der Waals surface area contributed by atoms with Gasteiger partial charge in [-0.3, -0.25) is 0 Å². The Labute approximate surface area is 107 Å². The van der Waals surface area contributed by atoms with Crippen molar-refractivity contribution in [1.29, 1.82) is 0 Å². The van der Waals surface area contributed by atoms with Crippen molar-refractivity contribution in [2.45, 2.75) is 0 Å². The van der Waals surface area contributed by atoms with E-state index in [1.807, 2.05) is 0 Å². The molecule has 1 radical (unpaired) electrons. The molecule has 1 nitrogen and oxygen atoms in total. The third kappa shape index (κ3) is 18.6. The van der Waals surface area contributed by atoms with E-state index in [9.17, 15) is 0 Å². The van der Waals surface area contributed by atoms with Crippen molar-refractivity contribution >= 4 is 61.3 Å². The minimum Gasteiger partial charge on any atom is -0.412 e. The van der Waals surface area contributed by atoms with E-state index in [0.29, 0.717) is 0 Å². The first-order valence-corrected chi connectivity index (χ1v) is 0. The third-order valence-electron chi connectivity index (χ3n) is 0. The smallest absolute Gasteiger partial charge is 0 e.